The number of Topliss-reactive ketones (excluding diaryl/α,β-unsaturated/α-hetero) is 1. The lowest BCUT2D eigenvalue weighted by Crippen LogP contribution is -2.28. The number of rotatable bonds is 3. The summed E-state index contributed by atoms with van der Waals surface area (Å²) >= 11 is 0. The summed E-state index contributed by atoms with van der Waals surface area (Å²) in [5, 5.41) is 9.30. The molecule has 1 aliphatic rings. The molecule has 1 aliphatic carbocycles. The van der Waals surface area contributed by atoms with Gasteiger partial charge in [-0.05, 0) is 11.1 Å². The van der Waals surface area contributed by atoms with Crippen LogP contribution in [0, 0.1) is 0 Å². The largest absolute Gasteiger partial charge is 0.481 e. The Kier molecular flexibility index (Phi) is 2.90. The first-order chi connectivity index (χ1) is 9.63. The van der Waals surface area contributed by atoms with Gasteiger partial charge in [0.05, 0.1) is 6.42 Å². The number of carbonyl (C=O) groups excluding carboxylic acids is 1. The SMILES string of the molecule is O=C(O)C[C@]1(c2ccccc2)CC(=O)c2ccccc21. The van der Waals surface area contributed by atoms with E-state index >= 15 is 0 Å². The molecule has 0 aromatic heterocycles. The third-order valence-electron chi connectivity index (χ3n) is 3.98. The van der Waals surface area contributed by atoms with Crippen molar-refractivity contribution in [2.75, 3.05) is 0 Å². The minimum atomic E-state index is -0.890. The van der Waals surface area contributed by atoms with E-state index in [2.05, 4.69) is 0 Å². The van der Waals surface area contributed by atoms with Crippen molar-refractivity contribution in [2.45, 2.75) is 18.3 Å². The molecule has 20 heavy (non-hydrogen) atoms. The van der Waals surface area contributed by atoms with E-state index in [1.165, 1.54) is 0 Å². The second-order valence-corrected chi connectivity index (χ2v) is 5.16. The molecule has 2 aromatic rings. The van der Waals surface area contributed by atoms with E-state index in [-0.39, 0.29) is 18.6 Å². The van der Waals surface area contributed by atoms with Gasteiger partial charge >= 0.3 is 5.97 Å². The Morgan fingerprint density at radius 1 is 1.05 bits per heavy atom. The third kappa shape index (κ3) is 1.83. The molecule has 1 atom stereocenters. The van der Waals surface area contributed by atoms with Crippen LogP contribution in [-0.2, 0) is 10.2 Å². The van der Waals surface area contributed by atoms with Crippen molar-refractivity contribution in [3.63, 3.8) is 0 Å². The summed E-state index contributed by atoms with van der Waals surface area (Å²) in [6.07, 6.45) is 0.155. The second kappa shape index (κ2) is 4.60. The molecule has 0 saturated carbocycles. The Bertz CT molecular complexity index is 672. The monoisotopic (exact) mass is 266 g/mol. The zero-order valence-electron chi connectivity index (χ0n) is 10.9. The smallest absolute Gasteiger partial charge is 0.304 e. The van der Waals surface area contributed by atoms with E-state index in [4.69, 9.17) is 0 Å². The highest BCUT2D eigenvalue weighted by Crippen LogP contribution is 2.46. The number of aliphatic carboxylic acids is 1. The molecular weight excluding hydrogens is 252 g/mol. The quantitative estimate of drug-likeness (QED) is 0.929. The van der Waals surface area contributed by atoms with Crippen molar-refractivity contribution in [1.82, 2.24) is 0 Å². The predicted octanol–water partition coefficient (Wildman–Crippen LogP) is 3.03. The van der Waals surface area contributed by atoms with E-state index in [1.54, 1.807) is 6.07 Å². The van der Waals surface area contributed by atoms with E-state index in [0.717, 1.165) is 11.1 Å². The van der Waals surface area contributed by atoms with Crippen LogP contribution in [0.1, 0.15) is 34.3 Å². The average molecular weight is 266 g/mol. The first-order valence-electron chi connectivity index (χ1n) is 6.53. The molecule has 0 saturated heterocycles. The van der Waals surface area contributed by atoms with Crippen LogP contribution in [0.4, 0.5) is 0 Å². The molecule has 0 fully saturated rings. The lowest BCUT2D eigenvalue weighted by Gasteiger charge is -2.28. The summed E-state index contributed by atoms with van der Waals surface area (Å²) in [5.41, 5.74) is 1.64. The van der Waals surface area contributed by atoms with Gasteiger partial charge in [0.2, 0.25) is 0 Å². The van der Waals surface area contributed by atoms with Crippen molar-refractivity contribution in [2.24, 2.45) is 0 Å². The lowest BCUT2D eigenvalue weighted by molar-refractivity contribution is -0.138. The minimum Gasteiger partial charge on any atom is -0.481 e. The number of carboxylic acid groups (broad SMARTS) is 1. The standard InChI is InChI=1S/C17H14O3/c18-15-10-17(11-16(19)20,12-6-2-1-3-7-12)14-9-5-4-8-13(14)15/h1-9H,10-11H2,(H,19,20)/t17-/m0/s1. The van der Waals surface area contributed by atoms with E-state index in [1.807, 2.05) is 48.5 Å². The third-order valence-corrected chi connectivity index (χ3v) is 3.98. The zero-order valence-corrected chi connectivity index (χ0v) is 10.9. The number of hydrogen-bond donors (Lipinski definition) is 1. The van der Waals surface area contributed by atoms with Gasteiger partial charge < -0.3 is 5.11 Å². The van der Waals surface area contributed by atoms with Gasteiger partial charge in [-0.1, -0.05) is 54.6 Å². The predicted molar refractivity (Wildman–Crippen MR) is 74.9 cm³/mol. The van der Waals surface area contributed by atoms with Gasteiger partial charge in [0, 0.05) is 17.4 Å². The summed E-state index contributed by atoms with van der Waals surface area (Å²) in [5.74, 6) is -0.871. The van der Waals surface area contributed by atoms with Gasteiger partial charge in [0.25, 0.3) is 0 Å². The fourth-order valence-electron chi connectivity index (χ4n) is 3.14. The Morgan fingerprint density at radius 3 is 2.40 bits per heavy atom. The van der Waals surface area contributed by atoms with E-state index < -0.39 is 11.4 Å². The molecular formula is C17H14O3. The molecule has 0 radical (unpaired) electrons. The van der Waals surface area contributed by atoms with Crippen LogP contribution >= 0.6 is 0 Å². The molecule has 0 unspecified atom stereocenters. The maximum Gasteiger partial charge on any atom is 0.304 e. The van der Waals surface area contributed by atoms with Crippen LogP contribution in [0.25, 0.3) is 0 Å². The molecule has 100 valence electrons. The van der Waals surface area contributed by atoms with Crippen LogP contribution in [0.3, 0.4) is 0 Å². The van der Waals surface area contributed by atoms with Crippen LogP contribution in [0.15, 0.2) is 54.6 Å². The normalized spacial score (nSPS) is 20.7. The van der Waals surface area contributed by atoms with Crippen molar-refractivity contribution >= 4 is 11.8 Å². The zero-order chi connectivity index (χ0) is 14.2. The molecule has 3 rings (SSSR count). The molecule has 0 bridgehead atoms. The van der Waals surface area contributed by atoms with Gasteiger partial charge in [-0.3, -0.25) is 9.59 Å². The number of hydrogen-bond acceptors (Lipinski definition) is 2. The summed E-state index contributed by atoms with van der Waals surface area (Å²) in [6.45, 7) is 0. The Balaban J connectivity index is 2.24. The fourth-order valence-corrected chi connectivity index (χ4v) is 3.14. The number of fused-ring (bicyclic) bond motifs is 1. The number of ketones is 1. The van der Waals surface area contributed by atoms with Crippen LogP contribution in [-0.4, -0.2) is 16.9 Å². The van der Waals surface area contributed by atoms with E-state index in [0.29, 0.717) is 5.56 Å². The minimum absolute atomic E-state index is 0.0192. The maximum absolute atomic E-state index is 12.2. The number of carboxylic acids is 1. The highest BCUT2D eigenvalue weighted by atomic mass is 16.4. The highest BCUT2D eigenvalue weighted by Gasteiger charge is 2.45. The molecule has 2 aromatic carbocycles. The molecule has 0 amide bonds. The van der Waals surface area contributed by atoms with Crippen LogP contribution < -0.4 is 0 Å². The molecule has 0 aliphatic heterocycles. The molecule has 3 nitrogen and oxygen atoms in total. The van der Waals surface area contributed by atoms with Gasteiger partial charge in [-0.25, -0.2) is 0 Å². The summed E-state index contributed by atoms with van der Waals surface area (Å²) < 4.78 is 0. The average Bonchev–Trinajstić information content (AvgIpc) is 2.74. The Labute approximate surface area is 116 Å². The van der Waals surface area contributed by atoms with Crippen LogP contribution in [0.5, 0.6) is 0 Å². The van der Waals surface area contributed by atoms with Gasteiger partial charge in [-0.2, -0.15) is 0 Å². The summed E-state index contributed by atoms with van der Waals surface area (Å²) in [6, 6.07) is 16.8. The van der Waals surface area contributed by atoms with Gasteiger partial charge in [0.15, 0.2) is 5.78 Å². The molecule has 0 spiro atoms. The summed E-state index contributed by atoms with van der Waals surface area (Å²) in [4.78, 5) is 23.6. The number of benzene rings is 2. The molecule has 3 heteroatoms. The fraction of sp³-hybridized carbons (Fsp3) is 0.176. The molecule has 1 N–H and O–H groups in total. The van der Waals surface area contributed by atoms with E-state index in [9.17, 15) is 14.7 Å². The molecule has 0 heterocycles. The Morgan fingerprint density at radius 2 is 1.70 bits per heavy atom. The van der Waals surface area contributed by atoms with Crippen molar-refractivity contribution < 1.29 is 14.7 Å². The lowest BCUT2D eigenvalue weighted by atomic mass is 9.73. The first-order valence-corrected chi connectivity index (χ1v) is 6.53. The number of carbonyl (C=O) groups is 2. The highest BCUT2D eigenvalue weighted by molar-refractivity contribution is 6.03. The van der Waals surface area contributed by atoms with Crippen molar-refractivity contribution in [3.05, 3.63) is 71.3 Å². The first kappa shape index (κ1) is 12.6. The Hall–Kier alpha value is -2.42. The van der Waals surface area contributed by atoms with Crippen molar-refractivity contribution in [1.29, 1.82) is 0 Å². The summed E-state index contributed by atoms with van der Waals surface area (Å²) in [7, 11) is 0. The topological polar surface area (TPSA) is 54.4 Å². The van der Waals surface area contributed by atoms with Gasteiger partial charge in [-0.15, -0.1) is 0 Å². The van der Waals surface area contributed by atoms with Gasteiger partial charge in [0.1, 0.15) is 0 Å². The van der Waals surface area contributed by atoms with Crippen molar-refractivity contribution in [3.8, 4) is 0 Å². The maximum atomic E-state index is 12.2. The second-order valence-electron chi connectivity index (χ2n) is 5.16. The van der Waals surface area contributed by atoms with Crippen LogP contribution in [0.2, 0.25) is 0 Å².